The number of aryl methyl sites for hydroxylation is 2. The molecule has 2 heterocycles. The molecule has 0 fully saturated rings. The molecule has 0 unspecified atom stereocenters. The van der Waals surface area contributed by atoms with Crippen molar-refractivity contribution in [3.8, 4) is 16.9 Å². The summed E-state index contributed by atoms with van der Waals surface area (Å²) >= 11 is 7.81. The van der Waals surface area contributed by atoms with Crippen LogP contribution >= 0.6 is 23.4 Å². The topological polar surface area (TPSA) is 67.2 Å². The molecule has 1 atom stereocenters. The first-order valence-electron chi connectivity index (χ1n) is 13.0. The molecule has 0 saturated heterocycles. The Morgan fingerprint density at radius 2 is 1.74 bits per heavy atom. The van der Waals surface area contributed by atoms with Gasteiger partial charge >= 0.3 is 0 Å². The highest BCUT2D eigenvalue weighted by Gasteiger charge is 2.38. The largest absolute Gasteiger partial charge is 0.352 e. The van der Waals surface area contributed by atoms with E-state index >= 15 is 0 Å². The molecule has 1 N–H and O–H groups in total. The van der Waals surface area contributed by atoms with E-state index < -0.39 is 0 Å². The van der Waals surface area contributed by atoms with Crippen molar-refractivity contribution in [1.29, 1.82) is 0 Å². The second-order valence-electron chi connectivity index (χ2n) is 10.1. The summed E-state index contributed by atoms with van der Waals surface area (Å²) in [6.45, 7) is 7.84. The lowest BCUT2D eigenvalue weighted by atomic mass is 9.96. The van der Waals surface area contributed by atoms with Gasteiger partial charge in [-0.3, -0.25) is 14.5 Å². The Hall–Kier alpha value is -3.55. The lowest BCUT2D eigenvalue weighted by Gasteiger charge is -2.24. The quantitative estimate of drug-likeness (QED) is 0.293. The molecular formula is C31H31ClN4O2S. The summed E-state index contributed by atoms with van der Waals surface area (Å²) in [6.07, 6.45) is 0. The van der Waals surface area contributed by atoms with Crippen LogP contribution in [0.15, 0.2) is 72.8 Å². The lowest BCUT2D eigenvalue weighted by Crippen LogP contribution is -2.44. The molecule has 0 saturated carbocycles. The maximum absolute atomic E-state index is 13.8. The van der Waals surface area contributed by atoms with Crippen LogP contribution in [0.1, 0.15) is 41.4 Å². The van der Waals surface area contributed by atoms with E-state index in [1.54, 1.807) is 16.7 Å². The normalized spacial score (nSPS) is 15.3. The predicted molar refractivity (Wildman–Crippen MR) is 160 cm³/mol. The number of amides is 2. The highest BCUT2D eigenvalue weighted by atomic mass is 35.5. The zero-order valence-corrected chi connectivity index (χ0v) is 24.0. The summed E-state index contributed by atoms with van der Waals surface area (Å²) in [5, 5.41) is 8.53. The van der Waals surface area contributed by atoms with Gasteiger partial charge in [0.15, 0.2) is 0 Å². The first kappa shape index (κ1) is 27.0. The van der Waals surface area contributed by atoms with Gasteiger partial charge < -0.3 is 5.32 Å². The first-order valence-corrected chi connectivity index (χ1v) is 14.4. The average Bonchev–Trinajstić information content (AvgIpc) is 3.22. The molecule has 6 nitrogen and oxygen atoms in total. The van der Waals surface area contributed by atoms with Crippen LogP contribution in [0, 0.1) is 13.8 Å². The molecule has 0 bridgehead atoms. The molecule has 5 rings (SSSR count). The third kappa shape index (κ3) is 5.60. The molecule has 200 valence electrons. The van der Waals surface area contributed by atoms with Crippen LogP contribution in [-0.4, -0.2) is 39.9 Å². The van der Waals surface area contributed by atoms with Gasteiger partial charge in [0.25, 0.3) is 0 Å². The molecule has 4 aromatic rings. The number of aromatic nitrogens is 2. The summed E-state index contributed by atoms with van der Waals surface area (Å²) < 4.78 is 1.82. The van der Waals surface area contributed by atoms with Gasteiger partial charge in [-0.15, -0.1) is 11.8 Å². The number of halogens is 1. The van der Waals surface area contributed by atoms with Gasteiger partial charge in [-0.25, -0.2) is 4.68 Å². The summed E-state index contributed by atoms with van der Waals surface area (Å²) in [4.78, 5) is 28.4. The van der Waals surface area contributed by atoms with Crippen LogP contribution in [0.25, 0.3) is 16.9 Å². The number of anilines is 1. The van der Waals surface area contributed by atoms with Crippen LogP contribution in [0.3, 0.4) is 0 Å². The van der Waals surface area contributed by atoms with E-state index in [0.29, 0.717) is 10.8 Å². The maximum atomic E-state index is 13.8. The Morgan fingerprint density at radius 3 is 2.41 bits per heavy atom. The van der Waals surface area contributed by atoms with Crippen molar-refractivity contribution < 1.29 is 9.59 Å². The van der Waals surface area contributed by atoms with Crippen LogP contribution in [0.2, 0.25) is 5.02 Å². The fraction of sp³-hybridized carbons (Fsp3) is 0.258. The third-order valence-electron chi connectivity index (χ3n) is 6.71. The number of benzene rings is 3. The Labute approximate surface area is 238 Å². The van der Waals surface area contributed by atoms with Crippen LogP contribution in [-0.2, 0) is 9.59 Å². The number of hydrogen-bond donors (Lipinski definition) is 1. The maximum Gasteiger partial charge on any atom is 0.240 e. The molecule has 1 aliphatic rings. The number of hydrogen-bond acceptors (Lipinski definition) is 4. The average molecular weight is 559 g/mol. The van der Waals surface area contributed by atoms with Crippen LogP contribution in [0.4, 0.5) is 5.82 Å². The monoisotopic (exact) mass is 558 g/mol. The smallest absolute Gasteiger partial charge is 0.240 e. The zero-order valence-electron chi connectivity index (χ0n) is 22.4. The Bertz CT molecular complexity index is 1510. The van der Waals surface area contributed by atoms with Gasteiger partial charge in [-0.2, -0.15) is 5.10 Å². The minimum absolute atomic E-state index is 0.0419. The molecule has 0 aliphatic carbocycles. The standard InChI is InChI=1S/C31H31ClN4O2S/c1-19(2)33-26(37)17-35-27(38)18-39-30(25-8-6-5-7-21(25)4)28-29(22-11-13-23(32)14-12-22)34-36(31(28)35)24-15-9-20(3)10-16-24/h5-16,19,30H,17-18H2,1-4H3,(H,33,37)/t30-/m0/s1. The van der Waals surface area contributed by atoms with E-state index in [4.69, 9.17) is 16.7 Å². The molecule has 39 heavy (non-hydrogen) atoms. The molecule has 1 aliphatic heterocycles. The van der Waals surface area contributed by atoms with Crippen molar-refractivity contribution in [3.05, 3.63) is 100 Å². The fourth-order valence-corrected chi connectivity index (χ4v) is 6.26. The Kier molecular flexibility index (Phi) is 7.82. The number of thioether (sulfide) groups is 1. The molecule has 8 heteroatoms. The highest BCUT2D eigenvalue weighted by Crippen LogP contribution is 2.49. The molecule has 1 aromatic heterocycles. The Balaban J connectivity index is 1.81. The van der Waals surface area contributed by atoms with Gasteiger partial charge in [0, 0.05) is 22.2 Å². The van der Waals surface area contributed by atoms with Crippen molar-refractivity contribution in [3.63, 3.8) is 0 Å². The minimum atomic E-state index is -0.214. The third-order valence-corrected chi connectivity index (χ3v) is 8.20. The minimum Gasteiger partial charge on any atom is -0.352 e. The van der Waals surface area contributed by atoms with Gasteiger partial charge in [0.2, 0.25) is 11.8 Å². The second-order valence-corrected chi connectivity index (χ2v) is 11.6. The van der Waals surface area contributed by atoms with E-state index in [2.05, 4.69) is 24.4 Å². The number of carbonyl (C=O) groups excluding carboxylic acids is 2. The summed E-state index contributed by atoms with van der Waals surface area (Å²) in [5.74, 6) is 0.503. The first-order chi connectivity index (χ1) is 18.7. The van der Waals surface area contributed by atoms with Crippen molar-refractivity contribution in [2.24, 2.45) is 0 Å². The van der Waals surface area contributed by atoms with Gasteiger partial charge in [-0.1, -0.05) is 65.7 Å². The van der Waals surface area contributed by atoms with Crippen LogP contribution in [0.5, 0.6) is 0 Å². The van der Waals surface area contributed by atoms with Gasteiger partial charge in [0.1, 0.15) is 12.4 Å². The fourth-order valence-electron chi connectivity index (χ4n) is 4.84. The zero-order chi connectivity index (χ0) is 27.7. The molecule has 2 amide bonds. The number of nitrogens with one attached hydrogen (secondary N) is 1. The van der Waals surface area contributed by atoms with Crippen molar-refractivity contribution in [2.75, 3.05) is 17.2 Å². The number of nitrogens with zero attached hydrogens (tertiary/aromatic N) is 3. The number of carbonyl (C=O) groups is 2. The van der Waals surface area contributed by atoms with E-state index in [0.717, 1.165) is 39.2 Å². The summed E-state index contributed by atoms with van der Waals surface area (Å²) in [7, 11) is 0. The van der Waals surface area contributed by atoms with Gasteiger partial charge in [0.05, 0.1) is 22.4 Å². The SMILES string of the molecule is Cc1ccc(-n2nc(-c3ccc(Cl)cc3)c3c2N(CC(=O)NC(C)C)C(=O)CS[C@H]3c2ccccc2C)cc1. The van der Waals surface area contributed by atoms with E-state index in [9.17, 15) is 9.59 Å². The van der Waals surface area contributed by atoms with E-state index in [-0.39, 0.29) is 35.4 Å². The number of rotatable bonds is 6. The predicted octanol–water partition coefficient (Wildman–Crippen LogP) is 6.50. The molecular weight excluding hydrogens is 528 g/mol. The van der Waals surface area contributed by atoms with Crippen molar-refractivity contribution >= 4 is 41.0 Å². The number of fused-ring (bicyclic) bond motifs is 1. The van der Waals surface area contributed by atoms with Crippen molar-refractivity contribution in [1.82, 2.24) is 15.1 Å². The summed E-state index contributed by atoms with van der Waals surface area (Å²) in [5.41, 5.74) is 6.73. The molecule has 0 spiro atoms. The summed E-state index contributed by atoms with van der Waals surface area (Å²) in [6, 6.07) is 23.8. The van der Waals surface area contributed by atoms with E-state index in [1.807, 2.05) is 86.1 Å². The van der Waals surface area contributed by atoms with Crippen molar-refractivity contribution in [2.45, 2.75) is 39.0 Å². The second kappa shape index (κ2) is 11.3. The van der Waals surface area contributed by atoms with Gasteiger partial charge in [-0.05, 0) is 63.1 Å². The van der Waals surface area contributed by atoms with E-state index in [1.165, 1.54) is 0 Å². The molecule has 0 radical (unpaired) electrons. The molecule has 3 aromatic carbocycles. The lowest BCUT2D eigenvalue weighted by molar-refractivity contribution is -0.123. The van der Waals surface area contributed by atoms with Crippen LogP contribution < -0.4 is 10.2 Å². The Morgan fingerprint density at radius 1 is 1.05 bits per heavy atom. The highest BCUT2D eigenvalue weighted by molar-refractivity contribution is 8.00.